The van der Waals surface area contributed by atoms with Crippen molar-refractivity contribution in [3.63, 3.8) is 0 Å². The summed E-state index contributed by atoms with van der Waals surface area (Å²) in [4.78, 5) is 0. The van der Waals surface area contributed by atoms with E-state index in [0.717, 1.165) is 0 Å². The molecule has 38 valence electrons. The van der Waals surface area contributed by atoms with Crippen LogP contribution in [0, 0.1) is 0 Å². The summed E-state index contributed by atoms with van der Waals surface area (Å²) in [6, 6.07) is 0. The molecule has 0 amide bonds. The van der Waals surface area contributed by atoms with E-state index in [2.05, 4.69) is 0 Å². The molecule has 0 unspecified atom stereocenters. The molecule has 0 spiro atoms. The molecule has 6 heteroatoms. The third-order valence-corrected chi connectivity index (χ3v) is 0. The van der Waals surface area contributed by atoms with Crippen molar-refractivity contribution in [2.24, 2.45) is 0 Å². The molecule has 0 saturated heterocycles. The van der Waals surface area contributed by atoms with Gasteiger partial charge in [0.05, 0.1) is 0 Å². The van der Waals surface area contributed by atoms with Crippen molar-refractivity contribution in [3.05, 3.63) is 0 Å². The van der Waals surface area contributed by atoms with Gasteiger partial charge in [-0.15, -0.1) is 49.6 Å². The molecule has 0 aliphatic heterocycles. The molecule has 0 heterocycles. The molecular weight excluding hydrogens is 205 g/mol. The fourth-order valence-corrected chi connectivity index (χ4v) is 0. The minimum Gasteiger partial charge on any atom is -1.00 e. The number of rotatable bonds is 0. The summed E-state index contributed by atoms with van der Waals surface area (Å²) in [5.74, 6) is 0. The molecule has 0 radical (unpaired) electrons. The number of halogens is 4. The van der Waals surface area contributed by atoms with Crippen LogP contribution in [0.25, 0.3) is 0 Å². The first kappa shape index (κ1) is 55.2. The van der Waals surface area contributed by atoms with Crippen molar-refractivity contribution >= 4 is 72.7 Å². The molecule has 6 heavy (non-hydrogen) atoms. The third kappa shape index (κ3) is 25.7. The molecule has 0 rings (SSSR count). The first-order valence-electron chi connectivity index (χ1n) is 0. The maximum Gasteiger partial charge on any atom is 2.00 e. The van der Waals surface area contributed by atoms with Gasteiger partial charge in [-0.3, -0.25) is 0 Å². The average Bonchev–Trinajstić information content (AvgIpc) is 0. The normalized spacial score (nSPS) is 0. The molecule has 0 saturated carbocycles. The summed E-state index contributed by atoms with van der Waals surface area (Å²) in [7, 11) is 0. The molecule has 0 aromatic carbocycles. The predicted molar refractivity (Wildman–Crippen MR) is 38.1 cm³/mol. The van der Waals surface area contributed by atoms with Crippen LogP contribution in [0.5, 0.6) is 0 Å². The van der Waals surface area contributed by atoms with Crippen LogP contribution in [0.1, 0.15) is 4.28 Å². The number of hydrogen-bond donors (Lipinski definition) is 0. The van der Waals surface area contributed by atoms with E-state index in [4.69, 9.17) is 0 Å². The van der Waals surface area contributed by atoms with Gasteiger partial charge in [0.15, 0.2) is 0 Å². The first-order valence-corrected chi connectivity index (χ1v) is 0. The largest absolute Gasteiger partial charge is 2.00 e. The van der Waals surface area contributed by atoms with Gasteiger partial charge in [-0.05, 0) is 0 Å². The monoisotopic (exact) mass is 210 g/mol. The molecule has 0 aliphatic carbocycles. The van der Waals surface area contributed by atoms with Crippen molar-refractivity contribution in [2.45, 2.75) is 0 Å². The SMILES string of the molecule is Cl.Cl.Cl.Cl.[H-].[H-].[H-].[K+].[Mg+2]. The van der Waals surface area contributed by atoms with E-state index in [9.17, 15) is 0 Å². The molecule has 0 aromatic heterocycles. The van der Waals surface area contributed by atoms with Crippen molar-refractivity contribution < 1.29 is 55.7 Å². The standard InChI is InChI=1S/4ClH.K.Mg.3H/h4*1H;;;;;/q;;;;+1;+2;3*-1. The zero-order valence-corrected chi connectivity index (χ0v) is 11.1. The van der Waals surface area contributed by atoms with Crippen LogP contribution >= 0.6 is 49.6 Å². The Morgan fingerprint density at radius 3 is 0.667 bits per heavy atom. The van der Waals surface area contributed by atoms with Gasteiger partial charge in [0.2, 0.25) is 0 Å². The van der Waals surface area contributed by atoms with Gasteiger partial charge < -0.3 is 4.28 Å². The summed E-state index contributed by atoms with van der Waals surface area (Å²) in [6.07, 6.45) is 0. The van der Waals surface area contributed by atoms with Gasteiger partial charge in [0, 0.05) is 0 Å². The quantitative estimate of drug-likeness (QED) is 0.435. The Balaban J connectivity index is 0. The van der Waals surface area contributed by atoms with Gasteiger partial charge in [-0.1, -0.05) is 0 Å². The third-order valence-electron chi connectivity index (χ3n) is 0. The Bertz CT molecular complexity index is 15.8. The second kappa shape index (κ2) is 38.6. The van der Waals surface area contributed by atoms with E-state index in [1.807, 2.05) is 0 Å². The van der Waals surface area contributed by atoms with E-state index < -0.39 is 0 Å². The maximum atomic E-state index is 0. The molecule has 0 bridgehead atoms. The topological polar surface area (TPSA) is 0 Å². The van der Waals surface area contributed by atoms with E-state index in [-0.39, 0.29) is 128 Å². The van der Waals surface area contributed by atoms with Crippen LogP contribution in [0.2, 0.25) is 0 Å². The van der Waals surface area contributed by atoms with E-state index >= 15 is 0 Å². The first-order chi connectivity index (χ1) is 0. The predicted octanol–water partition coefficient (Wildman–Crippen LogP) is -1.35. The molecular formula is H7Cl4KMg. The molecule has 0 N–H and O–H groups in total. The summed E-state index contributed by atoms with van der Waals surface area (Å²) in [5.41, 5.74) is 0. The molecule has 0 aliphatic rings. The molecule has 0 fully saturated rings. The zero-order chi connectivity index (χ0) is 0. The Kier molecular flexibility index (Phi) is 355. The van der Waals surface area contributed by atoms with Crippen LogP contribution in [-0.4, -0.2) is 23.1 Å². The van der Waals surface area contributed by atoms with Crippen LogP contribution < -0.4 is 51.4 Å². The van der Waals surface area contributed by atoms with Crippen molar-refractivity contribution in [1.82, 2.24) is 0 Å². The van der Waals surface area contributed by atoms with E-state index in [1.54, 1.807) is 0 Å². The van der Waals surface area contributed by atoms with E-state index in [0.29, 0.717) is 0 Å². The van der Waals surface area contributed by atoms with Gasteiger partial charge in [-0.2, -0.15) is 0 Å². The fourth-order valence-electron chi connectivity index (χ4n) is 0. The van der Waals surface area contributed by atoms with E-state index in [1.165, 1.54) is 0 Å². The van der Waals surface area contributed by atoms with Crippen LogP contribution in [0.4, 0.5) is 0 Å². The van der Waals surface area contributed by atoms with Crippen molar-refractivity contribution in [1.29, 1.82) is 0 Å². The summed E-state index contributed by atoms with van der Waals surface area (Å²) < 4.78 is 0. The second-order valence-corrected chi connectivity index (χ2v) is 0. The fraction of sp³-hybridized carbons (Fsp3) is 0. The smallest absolute Gasteiger partial charge is 1.00 e. The summed E-state index contributed by atoms with van der Waals surface area (Å²) in [6.45, 7) is 0. The average molecular weight is 212 g/mol. The molecule has 0 nitrogen and oxygen atoms in total. The van der Waals surface area contributed by atoms with Gasteiger partial charge in [-0.25, -0.2) is 0 Å². The van der Waals surface area contributed by atoms with Crippen molar-refractivity contribution in [3.8, 4) is 0 Å². The Morgan fingerprint density at radius 1 is 0.667 bits per heavy atom. The number of hydrogen-bond acceptors (Lipinski definition) is 0. The molecule has 0 atom stereocenters. The van der Waals surface area contributed by atoms with Crippen LogP contribution in [0.15, 0.2) is 0 Å². The van der Waals surface area contributed by atoms with Gasteiger partial charge >= 0.3 is 74.4 Å². The minimum absolute atomic E-state index is 0. The zero-order valence-electron chi connectivity index (χ0n) is 6.34. The summed E-state index contributed by atoms with van der Waals surface area (Å²) >= 11 is 0. The van der Waals surface area contributed by atoms with Crippen LogP contribution in [0.3, 0.4) is 0 Å². The minimum atomic E-state index is 0. The maximum absolute atomic E-state index is 0. The Labute approximate surface area is 126 Å². The molecule has 0 aromatic rings. The van der Waals surface area contributed by atoms with Gasteiger partial charge in [0.1, 0.15) is 0 Å². The Morgan fingerprint density at radius 2 is 0.667 bits per heavy atom. The van der Waals surface area contributed by atoms with Crippen LogP contribution in [-0.2, 0) is 0 Å². The Hall–Kier alpha value is 3.56. The summed E-state index contributed by atoms with van der Waals surface area (Å²) in [5, 5.41) is 0. The van der Waals surface area contributed by atoms with Crippen molar-refractivity contribution in [2.75, 3.05) is 0 Å². The second-order valence-electron chi connectivity index (χ2n) is 0. The van der Waals surface area contributed by atoms with Gasteiger partial charge in [0.25, 0.3) is 0 Å².